The van der Waals surface area contributed by atoms with Crippen molar-refractivity contribution in [3.8, 4) is 0 Å². The molecule has 1 fully saturated rings. The van der Waals surface area contributed by atoms with Crippen LogP contribution in [0.5, 0.6) is 0 Å². The van der Waals surface area contributed by atoms with Crippen molar-refractivity contribution < 1.29 is 4.43 Å². The maximum atomic E-state index is 6.97. The number of rotatable bonds is 7. The normalized spacial score (nSPS) is 20.3. The topological polar surface area (TPSA) is 9.23 Å². The van der Waals surface area contributed by atoms with Crippen molar-refractivity contribution in [1.29, 1.82) is 0 Å². The van der Waals surface area contributed by atoms with Crippen LogP contribution in [0, 0.1) is 11.8 Å². The van der Waals surface area contributed by atoms with Gasteiger partial charge < -0.3 is 4.43 Å². The lowest BCUT2D eigenvalue weighted by Gasteiger charge is -2.43. The first-order chi connectivity index (χ1) is 12.0. The molecule has 0 saturated heterocycles. The zero-order valence-corrected chi connectivity index (χ0v) is 16.7. The van der Waals surface area contributed by atoms with Crippen LogP contribution in [0.1, 0.15) is 33.6 Å². The summed E-state index contributed by atoms with van der Waals surface area (Å²) in [7, 11) is -2.35. The average Bonchev–Trinajstić information content (AvgIpc) is 3.35. The Morgan fingerprint density at radius 2 is 1.48 bits per heavy atom. The van der Waals surface area contributed by atoms with Gasteiger partial charge >= 0.3 is 0 Å². The molecule has 2 atom stereocenters. The molecule has 0 amide bonds. The number of benzene rings is 2. The second kappa shape index (κ2) is 7.31. The molecule has 0 unspecified atom stereocenters. The maximum Gasteiger partial charge on any atom is 0.261 e. The van der Waals surface area contributed by atoms with Gasteiger partial charge in [0, 0.05) is 6.61 Å². The quantitative estimate of drug-likeness (QED) is 0.516. The van der Waals surface area contributed by atoms with E-state index in [1.54, 1.807) is 0 Å². The van der Waals surface area contributed by atoms with Crippen LogP contribution >= 0.6 is 0 Å². The number of allylic oxidation sites excluding steroid dienone is 1. The van der Waals surface area contributed by atoms with Gasteiger partial charge in [-0.15, -0.1) is 6.58 Å². The summed E-state index contributed by atoms with van der Waals surface area (Å²) in [6, 6.07) is 21.8. The van der Waals surface area contributed by atoms with Crippen molar-refractivity contribution >= 4 is 18.7 Å². The maximum absolute atomic E-state index is 6.97. The van der Waals surface area contributed by atoms with Crippen molar-refractivity contribution in [2.75, 3.05) is 6.61 Å². The van der Waals surface area contributed by atoms with Gasteiger partial charge in [0.25, 0.3) is 8.32 Å². The Hall–Kier alpha value is -1.64. The SMILES string of the molecule is C=CC[C@@H]1C[C@@H]1CO[Si](c1ccccc1)(c1ccccc1)C(C)(C)C. The van der Waals surface area contributed by atoms with E-state index in [0.717, 1.165) is 18.9 Å². The Morgan fingerprint density at radius 3 is 1.92 bits per heavy atom. The second-order valence-electron chi connectivity index (χ2n) is 8.25. The van der Waals surface area contributed by atoms with Gasteiger partial charge in [0.1, 0.15) is 0 Å². The highest BCUT2D eigenvalue weighted by Gasteiger charge is 2.51. The van der Waals surface area contributed by atoms with Gasteiger partial charge in [-0.2, -0.15) is 0 Å². The van der Waals surface area contributed by atoms with Gasteiger partial charge in [0.15, 0.2) is 0 Å². The third kappa shape index (κ3) is 3.65. The van der Waals surface area contributed by atoms with Crippen LogP contribution in [-0.4, -0.2) is 14.9 Å². The molecule has 0 heterocycles. The van der Waals surface area contributed by atoms with E-state index in [4.69, 9.17) is 4.43 Å². The molecule has 1 aliphatic rings. The molecule has 1 saturated carbocycles. The van der Waals surface area contributed by atoms with Crippen LogP contribution in [0.4, 0.5) is 0 Å². The molecule has 3 rings (SSSR count). The molecule has 1 aliphatic carbocycles. The van der Waals surface area contributed by atoms with E-state index in [2.05, 4.69) is 88.0 Å². The standard InChI is InChI=1S/C23H30OSi/c1-5-12-19-17-20(19)18-24-25(23(2,3)4,21-13-8-6-9-14-21)22-15-10-7-11-16-22/h5-11,13-16,19-20H,1,12,17-18H2,2-4H3/t19-,20-/m1/s1. The van der Waals surface area contributed by atoms with Crippen molar-refractivity contribution in [3.05, 3.63) is 73.3 Å². The zero-order chi connectivity index (χ0) is 17.9. The van der Waals surface area contributed by atoms with Gasteiger partial charge in [0.05, 0.1) is 0 Å². The molecule has 25 heavy (non-hydrogen) atoms. The minimum Gasteiger partial charge on any atom is -0.407 e. The molecule has 2 heteroatoms. The molecule has 2 aromatic rings. The summed E-state index contributed by atoms with van der Waals surface area (Å²) in [5.74, 6) is 1.47. The van der Waals surface area contributed by atoms with Crippen molar-refractivity contribution in [3.63, 3.8) is 0 Å². The molecular weight excluding hydrogens is 320 g/mol. The number of hydrogen-bond donors (Lipinski definition) is 0. The molecule has 0 bridgehead atoms. The number of hydrogen-bond acceptors (Lipinski definition) is 1. The Morgan fingerprint density at radius 1 is 0.960 bits per heavy atom. The Labute approximate surface area is 153 Å². The Bertz CT molecular complexity index is 648. The minimum atomic E-state index is -2.35. The second-order valence-corrected chi connectivity index (χ2v) is 12.6. The average molecular weight is 351 g/mol. The highest BCUT2D eigenvalue weighted by Crippen LogP contribution is 2.44. The van der Waals surface area contributed by atoms with Crippen molar-refractivity contribution in [2.24, 2.45) is 11.8 Å². The fraction of sp³-hybridized carbons (Fsp3) is 0.391. The highest BCUT2D eigenvalue weighted by atomic mass is 28.4. The summed E-state index contributed by atoms with van der Waals surface area (Å²) in [6.07, 6.45) is 4.45. The summed E-state index contributed by atoms with van der Waals surface area (Å²) in [5, 5.41) is 2.81. The first-order valence-corrected chi connectivity index (χ1v) is 11.3. The van der Waals surface area contributed by atoms with E-state index in [1.165, 1.54) is 16.8 Å². The fourth-order valence-electron chi connectivity index (χ4n) is 4.01. The van der Waals surface area contributed by atoms with E-state index in [9.17, 15) is 0 Å². The van der Waals surface area contributed by atoms with E-state index in [1.807, 2.05) is 6.08 Å². The van der Waals surface area contributed by atoms with E-state index >= 15 is 0 Å². The minimum absolute atomic E-state index is 0.0680. The van der Waals surface area contributed by atoms with Gasteiger partial charge in [0.2, 0.25) is 0 Å². The summed E-state index contributed by atoms with van der Waals surface area (Å²) >= 11 is 0. The molecule has 2 aromatic carbocycles. The van der Waals surface area contributed by atoms with Crippen LogP contribution in [-0.2, 0) is 4.43 Å². The highest BCUT2D eigenvalue weighted by molar-refractivity contribution is 6.99. The molecule has 1 nitrogen and oxygen atoms in total. The largest absolute Gasteiger partial charge is 0.407 e. The van der Waals surface area contributed by atoms with Crippen molar-refractivity contribution in [2.45, 2.75) is 38.7 Å². The summed E-state index contributed by atoms with van der Waals surface area (Å²) in [6.45, 7) is 11.8. The van der Waals surface area contributed by atoms with Crippen LogP contribution in [0.2, 0.25) is 5.04 Å². The summed E-state index contributed by atoms with van der Waals surface area (Å²) in [5.41, 5.74) is 0. The van der Waals surface area contributed by atoms with E-state index in [-0.39, 0.29) is 5.04 Å². The molecule has 132 valence electrons. The monoisotopic (exact) mass is 350 g/mol. The molecule has 0 spiro atoms. The zero-order valence-electron chi connectivity index (χ0n) is 15.7. The first-order valence-electron chi connectivity index (χ1n) is 9.35. The van der Waals surface area contributed by atoms with Crippen LogP contribution in [0.25, 0.3) is 0 Å². The molecule has 0 aromatic heterocycles. The predicted octanol–water partition coefficient (Wildman–Crippen LogP) is 4.78. The third-order valence-electron chi connectivity index (χ3n) is 5.47. The van der Waals surface area contributed by atoms with Crippen LogP contribution in [0.15, 0.2) is 73.3 Å². The van der Waals surface area contributed by atoms with Gasteiger partial charge in [-0.1, -0.05) is 87.5 Å². The lowest BCUT2D eigenvalue weighted by molar-refractivity contribution is 0.274. The molecule has 0 N–H and O–H groups in total. The lowest BCUT2D eigenvalue weighted by atomic mass is 10.2. The summed E-state index contributed by atoms with van der Waals surface area (Å²) in [4.78, 5) is 0. The van der Waals surface area contributed by atoms with Gasteiger partial charge in [-0.05, 0) is 40.1 Å². The van der Waals surface area contributed by atoms with Crippen LogP contribution in [0.3, 0.4) is 0 Å². The molecule has 0 aliphatic heterocycles. The summed E-state index contributed by atoms with van der Waals surface area (Å²) < 4.78 is 6.97. The predicted molar refractivity (Wildman–Crippen MR) is 110 cm³/mol. The Balaban J connectivity index is 1.99. The van der Waals surface area contributed by atoms with Crippen LogP contribution < -0.4 is 10.4 Å². The van der Waals surface area contributed by atoms with E-state index < -0.39 is 8.32 Å². The van der Waals surface area contributed by atoms with Gasteiger partial charge in [-0.25, -0.2) is 0 Å². The molecule has 0 radical (unpaired) electrons. The van der Waals surface area contributed by atoms with Gasteiger partial charge in [-0.3, -0.25) is 0 Å². The van der Waals surface area contributed by atoms with E-state index in [0.29, 0.717) is 5.92 Å². The smallest absolute Gasteiger partial charge is 0.261 e. The molecular formula is C23H30OSi. The fourth-order valence-corrected chi connectivity index (χ4v) is 8.63. The third-order valence-corrected chi connectivity index (χ3v) is 10.5. The first kappa shape index (κ1) is 18.2. The lowest BCUT2D eigenvalue weighted by Crippen LogP contribution is -2.66. The Kier molecular flexibility index (Phi) is 5.31. The van der Waals surface area contributed by atoms with Crippen molar-refractivity contribution in [1.82, 2.24) is 0 Å².